The highest BCUT2D eigenvalue weighted by atomic mass is 32.2. The lowest BCUT2D eigenvalue weighted by molar-refractivity contribution is -0.384. The molecule has 4 rings (SSSR count). The number of nitro benzene ring substituents is 1. The number of halogens is 3. The number of carbonyl (C=O) groups is 1. The average Bonchev–Trinajstić information content (AvgIpc) is 3.24. The molecule has 1 heterocycles. The predicted molar refractivity (Wildman–Crippen MR) is 132 cm³/mol. The molecule has 1 aromatic heterocycles. The molecule has 0 saturated heterocycles. The molecule has 13 heteroatoms. The van der Waals surface area contributed by atoms with Gasteiger partial charge in [0, 0.05) is 23.9 Å². The lowest BCUT2D eigenvalue weighted by Crippen LogP contribution is -2.18. The topological polar surface area (TPSA) is 118 Å². The third-order valence-electron chi connectivity index (χ3n) is 4.76. The van der Waals surface area contributed by atoms with E-state index in [0.717, 1.165) is 22.5 Å². The Morgan fingerprint density at radius 3 is 2.72 bits per heavy atom. The molecular formula is C23H15F3N4O4S2. The third-order valence-corrected chi connectivity index (χ3v) is 6.92. The van der Waals surface area contributed by atoms with Crippen molar-refractivity contribution in [2.24, 2.45) is 4.99 Å². The number of nitro groups is 1. The molecule has 3 aromatic carbocycles. The van der Waals surface area contributed by atoms with Crippen molar-refractivity contribution in [2.75, 3.05) is 11.1 Å². The van der Waals surface area contributed by atoms with E-state index < -0.39 is 22.6 Å². The number of alkyl halides is 3. The minimum absolute atomic E-state index is 0.136. The van der Waals surface area contributed by atoms with Crippen LogP contribution in [-0.4, -0.2) is 32.9 Å². The van der Waals surface area contributed by atoms with Crippen LogP contribution in [0.15, 0.2) is 70.0 Å². The van der Waals surface area contributed by atoms with Crippen molar-refractivity contribution in [3.63, 3.8) is 0 Å². The molecule has 0 aliphatic carbocycles. The van der Waals surface area contributed by atoms with Crippen molar-refractivity contribution in [3.8, 4) is 5.75 Å². The largest absolute Gasteiger partial charge is 0.507 e. The van der Waals surface area contributed by atoms with Crippen LogP contribution in [-0.2, 0) is 11.0 Å². The second kappa shape index (κ2) is 10.3. The summed E-state index contributed by atoms with van der Waals surface area (Å²) in [5, 5.41) is 23.1. The normalized spacial score (nSPS) is 11.8. The van der Waals surface area contributed by atoms with Crippen LogP contribution in [0, 0.1) is 10.1 Å². The van der Waals surface area contributed by atoms with E-state index in [9.17, 15) is 33.2 Å². The Morgan fingerprint density at radius 2 is 1.97 bits per heavy atom. The minimum atomic E-state index is -4.59. The number of non-ortho nitro benzene ring substituents is 1. The number of para-hydroxylation sites is 1. The first kappa shape index (κ1) is 25.1. The van der Waals surface area contributed by atoms with E-state index in [1.54, 1.807) is 18.2 Å². The smallest absolute Gasteiger partial charge is 0.418 e. The summed E-state index contributed by atoms with van der Waals surface area (Å²) in [6.07, 6.45) is -3.28. The molecule has 1 amide bonds. The summed E-state index contributed by atoms with van der Waals surface area (Å²) in [6.45, 7) is 0. The Hall–Kier alpha value is -3.97. The number of rotatable bonds is 7. The van der Waals surface area contributed by atoms with Gasteiger partial charge in [-0.15, -0.1) is 11.3 Å². The van der Waals surface area contributed by atoms with Crippen LogP contribution < -0.4 is 5.32 Å². The molecule has 0 fully saturated rings. The van der Waals surface area contributed by atoms with Crippen LogP contribution in [0.25, 0.3) is 10.2 Å². The number of nitrogens with zero attached hydrogens (tertiary/aromatic N) is 3. The van der Waals surface area contributed by atoms with Gasteiger partial charge in [-0.25, -0.2) is 4.98 Å². The van der Waals surface area contributed by atoms with E-state index in [4.69, 9.17) is 0 Å². The van der Waals surface area contributed by atoms with Gasteiger partial charge in [0.05, 0.1) is 37.8 Å². The van der Waals surface area contributed by atoms with Crippen LogP contribution in [0.3, 0.4) is 0 Å². The highest BCUT2D eigenvalue weighted by molar-refractivity contribution is 8.01. The monoisotopic (exact) mass is 532 g/mol. The molecule has 0 spiro atoms. The Morgan fingerprint density at radius 1 is 1.19 bits per heavy atom. The number of hydrogen-bond acceptors (Lipinski definition) is 8. The molecule has 0 aliphatic heterocycles. The summed E-state index contributed by atoms with van der Waals surface area (Å²) in [5.74, 6) is -0.889. The fraction of sp³-hybridized carbons (Fsp3) is 0.0870. The fourth-order valence-corrected chi connectivity index (χ4v) is 4.99. The Bertz CT molecular complexity index is 1490. The molecule has 0 aliphatic rings. The van der Waals surface area contributed by atoms with Crippen LogP contribution in [0.4, 0.5) is 30.2 Å². The maximum absolute atomic E-state index is 13.1. The van der Waals surface area contributed by atoms with Gasteiger partial charge in [-0.05, 0) is 36.4 Å². The number of carbonyl (C=O) groups excluding carboxylic acids is 1. The number of phenolic OH excluding ortho intramolecular Hbond substituents is 1. The summed E-state index contributed by atoms with van der Waals surface area (Å²) in [7, 11) is 0. The second-order valence-electron chi connectivity index (χ2n) is 7.27. The molecular weight excluding hydrogens is 517 g/mol. The summed E-state index contributed by atoms with van der Waals surface area (Å²) >= 11 is 2.37. The molecule has 8 nitrogen and oxygen atoms in total. The van der Waals surface area contributed by atoms with Gasteiger partial charge in [0.2, 0.25) is 5.91 Å². The first-order chi connectivity index (χ1) is 17.1. The molecule has 0 saturated carbocycles. The van der Waals surface area contributed by atoms with Gasteiger partial charge >= 0.3 is 6.18 Å². The number of hydrogen-bond donors (Lipinski definition) is 2. The minimum Gasteiger partial charge on any atom is -0.507 e. The zero-order chi connectivity index (χ0) is 25.9. The lowest BCUT2D eigenvalue weighted by Gasteiger charge is -2.13. The summed E-state index contributed by atoms with van der Waals surface area (Å²) < 4.78 is 40.6. The van der Waals surface area contributed by atoms with Gasteiger partial charge in [0.15, 0.2) is 4.34 Å². The number of thiazole rings is 1. The van der Waals surface area contributed by atoms with E-state index in [2.05, 4.69) is 15.3 Å². The molecule has 0 unspecified atom stereocenters. The van der Waals surface area contributed by atoms with Crippen molar-refractivity contribution in [1.82, 2.24) is 4.98 Å². The van der Waals surface area contributed by atoms with Gasteiger partial charge in [-0.3, -0.25) is 19.9 Å². The van der Waals surface area contributed by atoms with Crippen molar-refractivity contribution >= 4 is 62.5 Å². The number of aromatic nitrogens is 1. The van der Waals surface area contributed by atoms with Gasteiger partial charge in [0.1, 0.15) is 5.75 Å². The summed E-state index contributed by atoms with van der Waals surface area (Å²) in [4.78, 5) is 31.3. The van der Waals surface area contributed by atoms with Crippen LogP contribution in [0.1, 0.15) is 11.1 Å². The average molecular weight is 533 g/mol. The zero-order valence-corrected chi connectivity index (χ0v) is 19.7. The maximum Gasteiger partial charge on any atom is 0.418 e. The number of phenols is 1. The van der Waals surface area contributed by atoms with Crippen molar-refractivity contribution in [2.45, 2.75) is 10.5 Å². The second-order valence-corrected chi connectivity index (χ2v) is 9.52. The quantitative estimate of drug-likeness (QED) is 0.123. The molecule has 2 N–H and O–H groups in total. The standard InChI is InChI=1S/C23H15F3N4O4S2/c24-23(25,26)16-3-1-2-4-17(16)28-21(32)12-35-22-29-18-7-5-14(10-20(18)36-22)27-11-13-9-15(30(33)34)6-8-19(13)31/h1-11,31H,12H2,(H,28,32). The third kappa shape index (κ3) is 5.98. The Kier molecular flexibility index (Phi) is 7.22. The number of aromatic hydroxyl groups is 1. The van der Waals surface area contributed by atoms with E-state index in [-0.39, 0.29) is 28.4 Å². The Labute approximate surface area is 209 Å². The first-order valence-corrected chi connectivity index (χ1v) is 11.9. The zero-order valence-electron chi connectivity index (χ0n) is 18.0. The molecule has 0 atom stereocenters. The van der Waals surface area contributed by atoms with Crippen LogP contribution in [0.2, 0.25) is 0 Å². The molecule has 4 aromatic rings. The number of aliphatic imine (C=N–C) groups is 1. The van der Waals surface area contributed by atoms with Crippen molar-refractivity contribution in [1.29, 1.82) is 0 Å². The number of anilines is 1. The van der Waals surface area contributed by atoms with E-state index in [0.29, 0.717) is 15.5 Å². The molecule has 0 radical (unpaired) electrons. The number of fused-ring (bicyclic) bond motifs is 1. The maximum atomic E-state index is 13.1. The van der Waals surface area contributed by atoms with Gasteiger partial charge in [0.25, 0.3) is 5.69 Å². The molecule has 184 valence electrons. The number of thioether (sulfide) groups is 1. The van der Waals surface area contributed by atoms with Crippen molar-refractivity contribution in [3.05, 3.63) is 81.9 Å². The van der Waals surface area contributed by atoms with E-state index in [1.165, 1.54) is 53.9 Å². The van der Waals surface area contributed by atoms with E-state index in [1.807, 2.05) is 0 Å². The van der Waals surface area contributed by atoms with Gasteiger partial charge < -0.3 is 10.4 Å². The van der Waals surface area contributed by atoms with Gasteiger partial charge in [-0.1, -0.05) is 23.9 Å². The van der Waals surface area contributed by atoms with Crippen molar-refractivity contribution < 1.29 is 28.0 Å². The lowest BCUT2D eigenvalue weighted by atomic mass is 10.1. The number of nitrogens with one attached hydrogen (secondary N) is 1. The number of amides is 1. The van der Waals surface area contributed by atoms with Crippen LogP contribution >= 0.6 is 23.1 Å². The Balaban J connectivity index is 1.43. The summed E-state index contributed by atoms with van der Waals surface area (Å²) in [5.41, 5.74) is -0.0765. The highest BCUT2D eigenvalue weighted by Gasteiger charge is 2.33. The first-order valence-electron chi connectivity index (χ1n) is 10.1. The summed E-state index contributed by atoms with van der Waals surface area (Å²) in [6, 6.07) is 13.5. The highest BCUT2D eigenvalue weighted by Crippen LogP contribution is 2.35. The predicted octanol–water partition coefficient (Wildman–Crippen LogP) is 6.41. The number of benzene rings is 3. The van der Waals surface area contributed by atoms with Crippen LogP contribution in [0.5, 0.6) is 5.75 Å². The van der Waals surface area contributed by atoms with Gasteiger partial charge in [-0.2, -0.15) is 13.2 Å². The molecule has 0 bridgehead atoms. The fourth-order valence-electron chi connectivity index (χ4n) is 3.09. The molecule has 36 heavy (non-hydrogen) atoms. The van der Waals surface area contributed by atoms with E-state index >= 15 is 0 Å². The SMILES string of the molecule is O=C(CSc1nc2ccc(N=Cc3cc([N+](=O)[O-])ccc3O)cc2s1)Nc1ccccc1C(F)(F)F.